The van der Waals surface area contributed by atoms with Gasteiger partial charge in [0, 0.05) is 6.04 Å². The smallest absolute Gasteiger partial charge is 0.310 e. The van der Waals surface area contributed by atoms with Gasteiger partial charge in [-0.05, 0) is 65.8 Å². The summed E-state index contributed by atoms with van der Waals surface area (Å²) in [6, 6.07) is 12.0. The van der Waals surface area contributed by atoms with Crippen LogP contribution in [0, 0.1) is 0 Å². The fourth-order valence-electron chi connectivity index (χ4n) is 3.74. The maximum absolute atomic E-state index is 12.9. The predicted molar refractivity (Wildman–Crippen MR) is 79.6 cm³/mol. The molecule has 2 aromatic carbocycles. The zero-order valence-corrected chi connectivity index (χ0v) is 12.0. The Morgan fingerprint density at radius 3 is 2.59 bits per heavy atom. The van der Waals surface area contributed by atoms with E-state index in [1.807, 2.05) is 6.07 Å². The largest absolute Gasteiger partial charge is 0.416 e. The van der Waals surface area contributed by atoms with Gasteiger partial charge in [0.25, 0.3) is 0 Å². The van der Waals surface area contributed by atoms with Crippen molar-refractivity contribution in [1.82, 2.24) is 5.32 Å². The van der Waals surface area contributed by atoms with Crippen molar-refractivity contribution < 1.29 is 13.2 Å². The molecule has 0 radical (unpaired) electrons. The van der Waals surface area contributed by atoms with Crippen LogP contribution in [0.15, 0.2) is 42.5 Å². The Morgan fingerprint density at radius 1 is 0.955 bits per heavy atom. The lowest BCUT2D eigenvalue weighted by atomic mass is 9.95. The predicted octanol–water partition coefficient (Wildman–Crippen LogP) is 4.89. The van der Waals surface area contributed by atoms with E-state index in [4.69, 9.17) is 0 Å². The molecule has 1 heterocycles. The van der Waals surface area contributed by atoms with E-state index in [1.54, 1.807) is 6.07 Å². The first kappa shape index (κ1) is 13.8. The van der Waals surface area contributed by atoms with Crippen LogP contribution in [0.25, 0.3) is 11.1 Å². The molecule has 2 bridgehead atoms. The molecule has 4 rings (SSSR count). The van der Waals surface area contributed by atoms with E-state index in [1.165, 1.54) is 23.3 Å². The van der Waals surface area contributed by atoms with Crippen LogP contribution in [0.1, 0.15) is 41.5 Å². The Morgan fingerprint density at radius 2 is 1.77 bits per heavy atom. The number of fused-ring (bicyclic) bond motifs is 5. The van der Waals surface area contributed by atoms with Gasteiger partial charge in [-0.3, -0.25) is 0 Å². The Balaban J connectivity index is 1.76. The number of hydrogen-bond acceptors (Lipinski definition) is 1. The molecule has 1 saturated heterocycles. The third-order valence-corrected chi connectivity index (χ3v) is 4.83. The Bertz CT molecular complexity index is 721. The highest BCUT2D eigenvalue weighted by molar-refractivity contribution is 5.67. The first-order valence-electron chi connectivity index (χ1n) is 7.57. The molecule has 1 N–H and O–H groups in total. The van der Waals surface area contributed by atoms with Crippen LogP contribution < -0.4 is 5.32 Å². The number of alkyl halides is 3. The molecule has 2 unspecified atom stereocenters. The van der Waals surface area contributed by atoms with Crippen LogP contribution in [0.4, 0.5) is 13.2 Å². The molecule has 1 nitrogen and oxygen atoms in total. The monoisotopic (exact) mass is 303 g/mol. The summed E-state index contributed by atoms with van der Waals surface area (Å²) in [5.41, 5.74) is 3.52. The average Bonchev–Trinajstić information content (AvgIpc) is 2.77. The van der Waals surface area contributed by atoms with Crippen molar-refractivity contribution >= 4 is 0 Å². The Hall–Kier alpha value is -1.81. The minimum Gasteiger partial charge on any atom is -0.310 e. The van der Waals surface area contributed by atoms with Gasteiger partial charge in [-0.2, -0.15) is 13.2 Å². The minimum absolute atomic E-state index is 0.361. The second kappa shape index (κ2) is 4.85. The first-order chi connectivity index (χ1) is 10.5. The van der Waals surface area contributed by atoms with Crippen LogP contribution in [0.2, 0.25) is 0 Å². The molecule has 22 heavy (non-hydrogen) atoms. The van der Waals surface area contributed by atoms with E-state index in [2.05, 4.69) is 17.4 Å². The molecular weight excluding hydrogens is 287 g/mol. The van der Waals surface area contributed by atoms with Crippen molar-refractivity contribution in [3.8, 4) is 11.1 Å². The lowest BCUT2D eigenvalue weighted by molar-refractivity contribution is -0.137. The summed E-state index contributed by atoms with van der Waals surface area (Å²) in [7, 11) is 0. The van der Waals surface area contributed by atoms with Crippen molar-refractivity contribution in [2.24, 2.45) is 0 Å². The van der Waals surface area contributed by atoms with Crippen LogP contribution in [-0.2, 0) is 6.18 Å². The summed E-state index contributed by atoms with van der Waals surface area (Å²) in [4.78, 5) is 0. The summed E-state index contributed by atoms with van der Waals surface area (Å²) in [6.07, 6.45) is -2.04. The van der Waals surface area contributed by atoms with Crippen molar-refractivity contribution in [2.75, 3.05) is 6.54 Å². The molecule has 1 aliphatic carbocycles. The lowest BCUT2D eigenvalue weighted by Gasteiger charge is -2.20. The number of hydrogen-bond donors (Lipinski definition) is 1. The van der Waals surface area contributed by atoms with Crippen LogP contribution >= 0.6 is 0 Å². The zero-order valence-electron chi connectivity index (χ0n) is 12.0. The normalized spacial score (nSPS) is 23.4. The van der Waals surface area contributed by atoms with Gasteiger partial charge in [-0.25, -0.2) is 0 Å². The maximum atomic E-state index is 12.9. The van der Waals surface area contributed by atoms with Gasteiger partial charge in [-0.1, -0.05) is 24.3 Å². The summed E-state index contributed by atoms with van der Waals surface area (Å²) in [5, 5.41) is 3.50. The third-order valence-electron chi connectivity index (χ3n) is 4.83. The van der Waals surface area contributed by atoms with E-state index in [0.717, 1.165) is 31.0 Å². The molecule has 1 aliphatic heterocycles. The highest BCUT2D eigenvalue weighted by Crippen LogP contribution is 2.46. The Kier molecular flexibility index (Phi) is 3.05. The summed E-state index contributed by atoms with van der Waals surface area (Å²) >= 11 is 0. The Labute approximate surface area is 127 Å². The summed E-state index contributed by atoms with van der Waals surface area (Å²) in [5.74, 6) is 0.608. The molecule has 2 atom stereocenters. The second-order valence-electron chi connectivity index (χ2n) is 6.15. The molecule has 0 aromatic heterocycles. The van der Waals surface area contributed by atoms with Gasteiger partial charge in [0.1, 0.15) is 0 Å². The summed E-state index contributed by atoms with van der Waals surface area (Å²) in [6.45, 7) is 1.02. The summed E-state index contributed by atoms with van der Waals surface area (Å²) < 4.78 is 38.6. The van der Waals surface area contributed by atoms with Gasteiger partial charge < -0.3 is 5.32 Å². The van der Waals surface area contributed by atoms with Crippen LogP contribution in [0.3, 0.4) is 0 Å². The number of nitrogens with one attached hydrogen (secondary N) is 1. The molecule has 1 fully saturated rings. The topological polar surface area (TPSA) is 12.0 Å². The fraction of sp³-hybridized carbons (Fsp3) is 0.333. The van der Waals surface area contributed by atoms with Gasteiger partial charge in [0.15, 0.2) is 0 Å². The number of piperidine rings is 1. The van der Waals surface area contributed by atoms with Crippen LogP contribution in [-0.4, -0.2) is 6.54 Å². The lowest BCUT2D eigenvalue weighted by Crippen LogP contribution is -2.25. The van der Waals surface area contributed by atoms with E-state index < -0.39 is 11.7 Å². The van der Waals surface area contributed by atoms with E-state index >= 15 is 0 Å². The molecule has 2 aromatic rings. The van der Waals surface area contributed by atoms with Crippen molar-refractivity contribution in [2.45, 2.75) is 31.0 Å². The zero-order chi connectivity index (χ0) is 15.3. The van der Waals surface area contributed by atoms with E-state index in [-0.39, 0.29) is 0 Å². The first-order valence-corrected chi connectivity index (χ1v) is 7.57. The molecule has 0 amide bonds. The highest BCUT2D eigenvalue weighted by atomic mass is 19.4. The SMILES string of the molecule is FC(F)(F)c1cccc(-c2ccc3c(c2)C2CC3CCN2)c1. The minimum atomic E-state index is -4.30. The molecule has 0 saturated carbocycles. The van der Waals surface area contributed by atoms with E-state index in [0.29, 0.717) is 17.5 Å². The van der Waals surface area contributed by atoms with Crippen molar-refractivity contribution in [3.63, 3.8) is 0 Å². The molecule has 2 aliphatic rings. The standard InChI is InChI=1S/C18H16F3N/c19-18(20,21)14-3-1-2-11(8-14)12-4-5-15-13-6-7-22-17(10-13)16(15)9-12/h1-5,8-9,13,17,22H,6-7,10H2. The number of benzene rings is 2. The molecule has 114 valence electrons. The molecule has 0 spiro atoms. The molecule has 4 heteroatoms. The van der Waals surface area contributed by atoms with E-state index in [9.17, 15) is 13.2 Å². The van der Waals surface area contributed by atoms with Gasteiger partial charge in [0.05, 0.1) is 5.56 Å². The molecular formula is C18H16F3N. The quantitative estimate of drug-likeness (QED) is 0.790. The third kappa shape index (κ3) is 2.22. The van der Waals surface area contributed by atoms with Gasteiger partial charge in [0.2, 0.25) is 0 Å². The average molecular weight is 303 g/mol. The fourth-order valence-corrected chi connectivity index (χ4v) is 3.74. The second-order valence-corrected chi connectivity index (χ2v) is 6.15. The van der Waals surface area contributed by atoms with Gasteiger partial charge in [-0.15, -0.1) is 0 Å². The van der Waals surface area contributed by atoms with Crippen molar-refractivity contribution in [1.29, 1.82) is 0 Å². The van der Waals surface area contributed by atoms with Crippen molar-refractivity contribution in [3.05, 3.63) is 59.2 Å². The van der Waals surface area contributed by atoms with Crippen LogP contribution in [0.5, 0.6) is 0 Å². The maximum Gasteiger partial charge on any atom is 0.416 e. The highest BCUT2D eigenvalue weighted by Gasteiger charge is 2.34. The number of halogens is 3. The van der Waals surface area contributed by atoms with Gasteiger partial charge >= 0.3 is 6.18 Å². The number of rotatable bonds is 1.